The average Bonchev–Trinajstić information content (AvgIpc) is 3.06. The van der Waals surface area contributed by atoms with Gasteiger partial charge in [0.05, 0.1) is 12.5 Å². The van der Waals surface area contributed by atoms with Gasteiger partial charge in [-0.2, -0.15) is 0 Å². The summed E-state index contributed by atoms with van der Waals surface area (Å²) in [6.45, 7) is 5.30. The van der Waals surface area contributed by atoms with Crippen LogP contribution in [0.4, 0.5) is 5.69 Å². The van der Waals surface area contributed by atoms with E-state index in [1.165, 1.54) is 5.56 Å². The molecule has 0 spiro atoms. The van der Waals surface area contributed by atoms with Gasteiger partial charge < -0.3 is 10.1 Å². The molecule has 1 aliphatic rings. The minimum atomic E-state index is 0.0558. The van der Waals surface area contributed by atoms with Gasteiger partial charge in [0.1, 0.15) is 5.75 Å². The highest BCUT2D eigenvalue weighted by molar-refractivity contribution is 5.92. The number of hydrogen-bond donors (Lipinski definition) is 1. The SMILES string of the molecule is CCOc1ccc(NC(=O)C2CCN(Cc3ccccc3)C2)cc1. The summed E-state index contributed by atoms with van der Waals surface area (Å²) in [5.74, 6) is 0.986. The second-order valence-electron chi connectivity index (χ2n) is 6.15. The zero-order valence-electron chi connectivity index (χ0n) is 14.1. The maximum atomic E-state index is 12.5. The van der Waals surface area contributed by atoms with E-state index < -0.39 is 0 Å². The van der Waals surface area contributed by atoms with Gasteiger partial charge in [-0.15, -0.1) is 0 Å². The van der Waals surface area contributed by atoms with E-state index in [1.54, 1.807) is 0 Å². The summed E-state index contributed by atoms with van der Waals surface area (Å²) in [6.07, 6.45) is 0.912. The molecular weight excluding hydrogens is 300 g/mol. The molecular formula is C20H24N2O2. The van der Waals surface area contributed by atoms with Crippen LogP contribution in [-0.4, -0.2) is 30.5 Å². The van der Waals surface area contributed by atoms with Crippen LogP contribution in [0.3, 0.4) is 0 Å². The third kappa shape index (κ3) is 4.36. The fourth-order valence-corrected chi connectivity index (χ4v) is 3.08. The molecule has 4 heteroatoms. The Kier molecular flexibility index (Phi) is 5.49. The van der Waals surface area contributed by atoms with Crippen molar-refractivity contribution in [2.75, 3.05) is 25.0 Å². The maximum Gasteiger partial charge on any atom is 0.228 e. The molecule has 2 aromatic carbocycles. The quantitative estimate of drug-likeness (QED) is 0.883. The number of carbonyl (C=O) groups excluding carboxylic acids is 1. The minimum absolute atomic E-state index is 0.0558. The molecule has 24 heavy (non-hydrogen) atoms. The monoisotopic (exact) mass is 324 g/mol. The van der Waals surface area contributed by atoms with Crippen molar-refractivity contribution < 1.29 is 9.53 Å². The lowest BCUT2D eigenvalue weighted by atomic mass is 10.1. The first-order valence-corrected chi connectivity index (χ1v) is 8.54. The van der Waals surface area contributed by atoms with Crippen LogP contribution in [0.5, 0.6) is 5.75 Å². The lowest BCUT2D eigenvalue weighted by molar-refractivity contribution is -0.119. The van der Waals surface area contributed by atoms with Crippen LogP contribution in [0.25, 0.3) is 0 Å². The summed E-state index contributed by atoms with van der Waals surface area (Å²) in [4.78, 5) is 14.8. The molecule has 0 saturated carbocycles. The topological polar surface area (TPSA) is 41.6 Å². The van der Waals surface area contributed by atoms with E-state index in [-0.39, 0.29) is 11.8 Å². The average molecular weight is 324 g/mol. The van der Waals surface area contributed by atoms with Crippen LogP contribution in [0.15, 0.2) is 54.6 Å². The lowest BCUT2D eigenvalue weighted by Crippen LogP contribution is -2.26. The molecule has 0 radical (unpaired) electrons. The largest absolute Gasteiger partial charge is 0.494 e. The van der Waals surface area contributed by atoms with Gasteiger partial charge in [0.2, 0.25) is 5.91 Å². The van der Waals surface area contributed by atoms with E-state index in [9.17, 15) is 4.79 Å². The van der Waals surface area contributed by atoms with Crippen molar-refractivity contribution in [3.8, 4) is 5.75 Å². The third-order valence-electron chi connectivity index (χ3n) is 4.33. The van der Waals surface area contributed by atoms with Crippen LogP contribution in [0.2, 0.25) is 0 Å². The number of carbonyl (C=O) groups is 1. The normalized spacial score (nSPS) is 17.6. The maximum absolute atomic E-state index is 12.5. The van der Waals surface area contributed by atoms with E-state index >= 15 is 0 Å². The van der Waals surface area contributed by atoms with Crippen molar-refractivity contribution >= 4 is 11.6 Å². The summed E-state index contributed by atoms with van der Waals surface area (Å²) in [6, 6.07) is 18.0. The zero-order valence-corrected chi connectivity index (χ0v) is 14.1. The van der Waals surface area contributed by atoms with E-state index in [1.807, 2.05) is 37.3 Å². The standard InChI is InChI=1S/C20H24N2O2/c1-2-24-19-10-8-18(9-11-19)21-20(23)17-12-13-22(15-17)14-16-6-4-3-5-7-16/h3-11,17H,2,12-15H2,1H3,(H,21,23). The molecule has 126 valence electrons. The Morgan fingerprint density at radius 1 is 1.17 bits per heavy atom. The second-order valence-corrected chi connectivity index (χ2v) is 6.15. The van der Waals surface area contributed by atoms with Gasteiger partial charge >= 0.3 is 0 Å². The summed E-state index contributed by atoms with van der Waals surface area (Å²) < 4.78 is 5.42. The number of anilines is 1. The number of nitrogens with zero attached hydrogens (tertiary/aromatic N) is 1. The van der Waals surface area contributed by atoms with E-state index in [2.05, 4.69) is 34.5 Å². The van der Waals surface area contributed by atoms with E-state index in [4.69, 9.17) is 4.74 Å². The van der Waals surface area contributed by atoms with E-state index in [0.717, 1.165) is 37.5 Å². The molecule has 1 atom stereocenters. The summed E-state index contributed by atoms with van der Waals surface area (Å²) in [5, 5.41) is 3.02. The van der Waals surface area contributed by atoms with Crippen molar-refractivity contribution in [1.29, 1.82) is 0 Å². The predicted molar refractivity (Wildman–Crippen MR) is 96.1 cm³/mol. The molecule has 1 unspecified atom stereocenters. The number of nitrogens with one attached hydrogen (secondary N) is 1. The highest BCUT2D eigenvalue weighted by Gasteiger charge is 2.28. The van der Waals surface area contributed by atoms with Crippen LogP contribution in [0, 0.1) is 5.92 Å². The van der Waals surface area contributed by atoms with Crippen LogP contribution < -0.4 is 10.1 Å². The lowest BCUT2D eigenvalue weighted by Gasteiger charge is -2.16. The minimum Gasteiger partial charge on any atom is -0.494 e. The second kappa shape index (κ2) is 7.97. The molecule has 1 N–H and O–H groups in total. The van der Waals surface area contributed by atoms with Crippen molar-refractivity contribution in [2.24, 2.45) is 5.92 Å². The summed E-state index contributed by atoms with van der Waals surface area (Å²) in [7, 11) is 0. The molecule has 0 aromatic heterocycles. The molecule has 1 amide bonds. The van der Waals surface area contributed by atoms with E-state index in [0.29, 0.717) is 6.61 Å². The molecule has 1 fully saturated rings. The van der Waals surface area contributed by atoms with Crippen LogP contribution in [-0.2, 0) is 11.3 Å². The molecule has 1 aliphatic heterocycles. The van der Waals surface area contributed by atoms with Gasteiger partial charge in [0, 0.05) is 18.8 Å². The summed E-state index contributed by atoms with van der Waals surface area (Å²) in [5.41, 5.74) is 2.12. The Labute approximate surface area is 143 Å². The number of amides is 1. The van der Waals surface area contributed by atoms with Crippen LogP contribution >= 0.6 is 0 Å². The number of benzene rings is 2. The fraction of sp³-hybridized carbons (Fsp3) is 0.350. The Hall–Kier alpha value is -2.33. The van der Waals surface area contributed by atoms with Crippen molar-refractivity contribution in [3.05, 3.63) is 60.2 Å². The molecule has 3 rings (SSSR count). The zero-order chi connectivity index (χ0) is 16.8. The predicted octanol–water partition coefficient (Wildman–Crippen LogP) is 3.55. The third-order valence-corrected chi connectivity index (χ3v) is 4.33. The first-order valence-electron chi connectivity index (χ1n) is 8.54. The van der Waals surface area contributed by atoms with Crippen molar-refractivity contribution in [1.82, 2.24) is 4.90 Å². The van der Waals surface area contributed by atoms with Gasteiger partial charge in [-0.1, -0.05) is 30.3 Å². The number of ether oxygens (including phenoxy) is 1. The van der Waals surface area contributed by atoms with Gasteiger partial charge in [-0.05, 0) is 49.7 Å². The Morgan fingerprint density at radius 2 is 1.92 bits per heavy atom. The molecule has 0 bridgehead atoms. The molecule has 4 nitrogen and oxygen atoms in total. The molecule has 0 aliphatic carbocycles. The van der Waals surface area contributed by atoms with Gasteiger partial charge in [0.15, 0.2) is 0 Å². The Morgan fingerprint density at radius 3 is 2.62 bits per heavy atom. The smallest absolute Gasteiger partial charge is 0.228 e. The number of hydrogen-bond acceptors (Lipinski definition) is 3. The highest BCUT2D eigenvalue weighted by atomic mass is 16.5. The summed E-state index contributed by atoms with van der Waals surface area (Å²) >= 11 is 0. The van der Waals surface area contributed by atoms with Crippen molar-refractivity contribution in [2.45, 2.75) is 19.9 Å². The Balaban J connectivity index is 1.51. The fourth-order valence-electron chi connectivity index (χ4n) is 3.08. The van der Waals surface area contributed by atoms with Crippen molar-refractivity contribution in [3.63, 3.8) is 0 Å². The highest BCUT2D eigenvalue weighted by Crippen LogP contribution is 2.21. The number of likely N-dealkylation sites (tertiary alicyclic amines) is 1. The van der Waals surface area contributed by atoms with Gasteiger partial charge in [-0.25, -0.2) is 0 Å². The first kappa shape index (κ1) is 16.5. The van der Waals surface area contributed by atoms with Gasteiger partial charge in [0.25, 0.3) is 0 Å². The molecule has 1 saturated heterocycles. The van der Waals surface area contributed by atoms with Crippen LogP contribution in [0.1, 0.15) is 18.9 Å². The van der Waals surface area contributed by atoms with Gasteiger partial charge in [-0.3, -0.25) is 9.69 Å². The number of rotatable bonds is 6. The molecule has 2 aromatic rings. The Bertz CT molecular complexity index is 655. The first-order chi connectivity index (χ1) is 11.7. The molecule has 1 heterocycles.